The fraction of sp³-hybridized carbons (Fsp3) is 0.278. The van der Waals surface area contributed by atoms with Gasteiger partial charge in [0.15, 0.2) is 5.96 Å². The third-order valence-corrected chi connectivity index (χ3v) is 3.52. The monoisotopic (exact) mass is 297 g/mol. The van der Waals surface area contributed by atoms with E-state index in [9.17, 15) is 0 Å². The number of methoxy groups -OCH3 is 1. The summed E-state index contributed by atoms with van der Waals surface area (Å²) in [5.74, 6) is 1.64. The summed E-state index contributed by atoms with van der Waals surface area (Å²) < 4.78 is 5.36. The number of para-hydroxylation sites is 1. The molecule has 4 nitrogen and oxygen atoms in total. The van der Waals surface area contributed by atoms with Gasteiger partial charge in [0.05, 0.1) is 13.2 Å². The quantitative estimate of drug-likeness (QED) is 0.658. The summed E-state index contributed by atoms with van der Waals surface area (Å²) in [6.07, 6.45) is 0. The standard InChI is InChI=1S/C18H23N3O/c1-14(15-9-5-4-6-10-15)21-18(19-2)20-13-16-11-7-8-12-17(16)22-3/h4-12,14H,13H2,1-3H3,(H2,19,20,21). The Labute approximate surface area is 132 Å². The second-order valence-corrected chi connectivity index (χ2v) is 5.01. The number of benzene rings is 2. The van der Waals surface area contributed by atoms with Crippen molar-refractivity contribution < 1.29 is 4.74 Å². The summed E-state index contributed by atoms with van der Waals surface area (Å²) in [6, 6.07) is 18.5. The molecule has 2 N–H and O–H groups in total. The second-order valence-electron chi connectivity index (χ2n) is 5.01. The van der Waals surface area contributed by atoms with E-state index in [2.05, 4.69) is 34.7 Å². The highest BCUT2D eigenvalue weighted by Crippen LogP contribution is 2.16. The molecule has 0 fully saturated rings. The molecule has 0 radical (unpaired) electrons. The van der Waals surface area contributed by atoms with Crippen molar-refractivity contribution >= 4 is 5.96 Å². The lowest BCUT2D eigenvalue weighted by Crippen LogP contribution is -2.38. The van der Waals surface area contributed by atoms with Crippen molar-refractivity contribution in [2.75, 3.05) is 14.2 Å². The minimum atomic E-state index is 0.185. The molecule has 0 aromatic heterocycles. The van der Waals surface area contributed by atoms with E-state index in [-0.39, 0.29) is 6.04 Å². The molecule has 1 atom stereocenters. The molecular weight excluding hydrogens is 274 g/mol. The Morgan fingerprint density at radius 2 is 1.77 bits per heavy atom. The molecule has 0 aliphatic carbocycles. The summed E-state index contributed by atoms with van der Waals surface area (Å²) in [6.45, 7) is 2.77. The zero-order valence-corrected chi connectivity index (χ0v) is 13.3. The van der Waals surface area contributed by atoms with Crippen LogP contribution in [-0.4, -0.2) is 20.1 Å². The van der Waals surface area contributed by atoms with Gasteiger partial charge in [-0.2, -0.15) is 0 Å². The topological polar surface area (TPSA) is 45.7 Å². The molecular formula is C18H23N3O. The van der Waals surface area contributed by atoms with Crippen LogP contribution < -0.4 is 15.4 Å². The van der Waals surface area contributed by atoms with Crippen LogP contribution in [0.2, 0.25) is 0 Å². The molecule has 2 aromatic rings. The van der Waals surface area contributed by atoms with Crippen LogP contribution in [0.3, 0.4) is 0 Å². The maximum Gasteiger partial charge on any atom is 0.191 e. The molecule has 0 spiro atoms. The van der Waals surface area contributed by atoms with E-state index in [1.54, 1.807) is 14.2 Å². The Balaban J connectivity index is 1.96. The van der Waals surface area contributed by atoms with Crippen LogP contribution in [0, 0.1) is 0 Å². The van der Waals surface area contributed by atoms with Crippen LogP contribution in [0.5, 0.6) is 5.75 Å². The van der Waals surface area contributed by atoms with Crippen molar-refractivity contribution in [3.05, 3.63) is 65.7 Å². The molecule has 2 aromatic carbocycles. The maximum absolute atomic E-state index is 5.36. The molecule has 0 saturated heterocycles. The zero-order valence-electron chi connectivity index (χ0n) is 13.3. The van der Waals surface area contributed by atoms with Crippen molar-refractivity contribution in [3.63, 3.8) is 0 Å². The number of hydrogen-bond donors (Lipinski definition) is 2. The molecule has 0 saturated carbocycles. The molecule has 116 valence electrons. The van der Waals surface area contributed by atoms with Gasteiger partial charge in [-0.3, -0.25) is 4.99 Å². The number of hydrogen-bond acceptors (Lipinski definition) is 2. The van der Waals surface area contributed by atoms with Gasteiger partial charge in [-0.25, -0.2) is 0 Å². The highest BCUT2D eigenvalue weighted by atomic mass is 16.5. The lowest BCUT2D eigenvalue weighted by Gasteiger charge is -2.18. The Kier molecular flexibility index (Phi) is 5.83. The number of ether oxygens (including phenoxy) is 1. The molecule has 22 heavy (non-hydrogen) atoms. The Morgan fingerprint density at radius 3 is 2.45 bits per heavy atom. The molecule has 0 bridgehead atoms. The summed E-state index contributed by atoms with van der Waals surface area (Å²) in [4.78, 5) is 4.28. The summed E-state index contributed by atoms with van der Waals surface area (Å²) >= 11 is 0. The van der Waals surface area contributed by atoms with E-state index in [1.807, 2.05) is 42.5 Å². The largest absolute Gasteiger partial charge is 0.496 e. The van der Waals surface area contributed by atoms with Gasteiger partial charge in [-0.15, -0.1) is 0 Å². The van der Waals surface area contributed by atoms with Crippen LogP contribution >= 0.6 is 0 Å². The number of guanidine groups is 1. The average Bonchev–Trinajstić information content (AvgIpc) is 2.59. The smallest absolute Gasteiger partial charge is 0.191 e. The predicted molar refractivity (Wildman–Crippen MR) is 91.2 cm³/mol. The molecule has 0 heterocycles. The van der Waals surface area contributed by atoms with Gasteiger partial charge in [0.25, 0.3) is 0 Å². The fourth-order valence-corrected chi connectivity index (χ4v) is 2.25. The van der Waals surface area contributed by atoms with Gasteiger partial charge in [0, 0.05) is 19.2 Å². The Morgan fingerprint density at radius 1 is 1.09 bits per heavy atom. The number of nitrogens with one attached hydrogen (secondary N) is 2. The van der Waals surface area contributed by atoms with Gasteiger partial charge in [-0.05, 0) is 18.6 Å². The van der Waals surface area contributed by atoms with Gasteiger partial charge < -0.3 is 15.4 Å². The highest BCUT2D eigenvalue weighted by Gasteiger charge is 2.08. The van der Waals surface area contributed by atoms with Crippen molar-refractivity contribution in [2.45, 2.75) is 19.5 Å². The minimum absolute atomic E-state index is 0.185. The zero-order chi connectivity index (χ0) is 15.8. The molecule has 0 amide bonds. The van der Waals surface area contributed by atoms with Crippen LogP contribution in [0.1, 0.15) is 24.1 Å². The van der Waals surface area contributed by atoms with E-state index < -0.39 is 0 Å². The first-order valence-corrected chi connectivity index (χ1v) is 7.38. The summed E-state index contributed by atoms with van der Waals surface area (Å²) in [7, 11) is 3.46. The molecule has 0 aliphatic heterocycles. The van der Waals surface area contributed by atoms with E-state index in [0.29, 0.717) is 6.54 Å². The van der Waals surface area contributed by atoms with Gasteiger partial charge in [-0.1, -0.05) is 48.5 Å². The average molecular weight is 297 g/mol. The lowest BCUT2D eigenvalue weighted by atomic mass is 10.1. The van der Waals surface area contributed by atoms with E-state index in [4.69, 9.17) is 4.74 Å². The molecule has 0 aliphatic rings. The third-order valence-electron chi connectivity index (χ3n) is 3.52. The number of nitrogens with zero attached hydrogens (tertiary/aromatic N) is 1. The maximum atomic E-state index is 5.36. The molecule has 2 rings (SSSR count). The molecule has 4 heteroatoms. The van der Waals surface area contributed by atoms with Crippen molar-refractivity contribution in [3.8, 4) is 5.75 Å². The first-order chi connectivity index (χ1) is 10.7. The lowest BCUT2D eigenvalue weighted by molar-refractivity contribution is 0.409. The predicted octanol–water partition coefficient (Wildman–Crippen LogP) is 3.12. The summed E-state index contributed by atoms with van der Waals surface area (Å²) in [5, 5.41) is 6.71. The Bertz CT molecular complexity index is 611. The van der Waals surface area contributed by atoms with Crippen molar-refractivity contribution in [1.82, 2.24) is 10.6 Å². The summed E-state index contributed by atoms with van der Waals surface area (Å²) in [5.41, 5.74) is 2.32. The van der Waals surface area contributed by atoms with Crippen LogP contribution in [0.15, 0.2) is 59.6 Å². The SMILES string of the molecule is CN=C(NCc1ccccc1OC)NC(C)c1ccccc1. The number of rotatable bonds is 5. The van der Waals surface area contributed by atoms with Crippen molar-refractivity contribution in [1.29, 1.82) is 0 Å². The van der Waals surface area contributed by atoms with E-state index >= 15 is 0 Å². The highest BCUT2D eigenvalue weighted by molar-refractivity contribution is 5.80. The first kappa shape index (κ1) is 15.9. The van der Waals surface area contributed by atoms with Gasteiger partial charge in [0.2, 0.25) is 0 Å². The first-order valence-electron chi connectivity index (χ1n) is 7.38. The number of aliphatic imine (C=N–C) groups is 1. The normalized spacial score (nSPS) is 12.6. The third kappa shape index (κ3) is 4.25. The van der Waals surface area contributed by atoms with E-state index in [1.165, 1.54) is 5.56 Å². The van der Waals surface area contributed by atoms with Crippen LogP contribution in [-0.2, 0) is 6.54 Å². The molecule has 1 unspecified atom stereocenters. The second kappa shape index (κ2) is 8.08. The van der Waals surface area contributed by atoms with Crippen LogP contribution in [0.4, 0.5) is 0 Å². The van der Waals surface area contributed by atoms with Crippen molar-refractivity contribution in [2.24, 2.45) is 4.99 Å². The minimum Gasteiger partial charge on any atom is -0.496 e. The van der Waals surface area contributed by atoms with E-state index in [0.717, 1.165) is 17.3 Å². The fourth-order valence-electron chi connectivity index (χ4n) is 2.25. The van der Waals surface area contributed by atoms with Gasteiger partial charge in [0.1, 0.15) is 5.75 Å². The Hall–Kier alpha value is -2.49. The van der Waals surface area contributed by atoms with Crippen LogP contribution in [0.25, 0.3) is 0 Å². The van der Waals surface area contributed by atoms with Gasteiger partial charge >= 0.3 is 0 Å².